The molecule has 3 aliphatic rings. The number of H-pyrrole nitrogens is 1. The Morgan fingerprint density at radius 1 is 1.38 bits per heavy atom. The molecule has 6 nitrogen and oxygen atoms in total. The van der Waals surface area contributed by atoms with Gasteiger partial charge in [-0.05, 0) is 37.5 Å². The van der Waals surface area contributed by atoms with Crippen LogP contribution in [0.2, 0.25) is 5.02 Å². The molecule has 2 saturated heterocycles. The number of halogens is 1. The van der Waals surface area contributed by atoms with Crippen molar-refractivity contribution in [1.82, 2.24) is 20.1 Å². The third kappa shape index (κ3) is 2.34. The van der Waals surface area contributed by atoms with Crippen LogP contribution in [-0.4, -0.2) is 45.5 Å². The van der Waals surface area contributed by atoms with E-state index < -0.39 is 0 Å². The minimum absolute atomic E-state index is 0.0255. The van der Waals surface area contributed by atoms with Gasteiger partial charge >= 0.3 is 6.03 Å². The number of carbonyl (C=O) groups is 1. The second kappa shape index (κ2) is 5.82. The first-order valence-corrected chi connectivity index (χ1v) is 9.54. The van der Waals surface area contributed by atoms with Crippen molar-refractivity contribution in [3.63, 3.8) is 0 Å². The first-order chi connectivity index (χ1) is 12.6. The monoisotopic (exact) mass is 369 g/mol. The van der Waals surface area contributed by atoms with Crippen LogP contribution in [0.3, 0.4) is 0 Å². The lowest BCUT2D eigenvalue weighted by Gasteiger charge is -2.30. The lowest BCUT2D eigenvalue weighted by molar-refractivity contribution is 0.185. The number of amides is 2. The highest BCUT2D eigenvalue weighted by atomic mass is 35.5. The third-order valence-corrected chi connectivity index (χ3v) is 6.42. The average molecular weight is 370 g/mol. The summed E-state index contributed by atoms with van der Waals surface area (Å²) in [6.45, 7) is 1.28. The van der Waals surface area contributed by atoms with Crippen molar-refractivity contribution in [3.8, 4) is 6.19 Å². The molecule has 7 heteroatoms. The Hall–Kier alpha value is -2.39. The highest BCUT2D eigenvalue weighted by molar-refractivity contribution is 6.31. The van der Waals surface area contributed by atoms with Gasteiger partial charge in [-0.1, -0.05) is 11.6 Å². The molecule has 2 N–H and O–H groups in total. The van der Waals surface area contributed by atoms with E-state index in [0.29, 0.717) is 24.2 Å². The second-order valence-electron chi connectivity index (χ2n) is 7.54. The fourth-order valence-corrected chi connectivity index (χ4v) is 5.08. The van der Waals surface area contributed by atoms with Crippen molar-refractivity contribution >= 4 is 28.5 Å². The number of hydrogen-bond donors (Lipinski definition) is 2. The summed E-state index contributed by atoms with van der Waals surface area (Å²) in [6.07, 6.45) is 6.05. The molecule has 134 valence electrons. The maximum Gasteiger partial charge on any atom is 0.318 e. The quantitative estimate of drug-likeness (QED) is 0.759. The standard InChI is InChI=1S/C19H20ClN5O/c20-11-1-3-15-13(7-11)14-9-24(6-5-16(14)22-15)19(26)23-17-8-12-2-4-18(17)25(12)10-21/h1,3,7,12,17-18,22H,2,4-6,8-9H2,(H,23,26)/t12-,17+,18+/m0/s1. The van der Waals surface area contributed by atoms with Gasteiger partial charge in [0, 0.05) is 52.7 Å². The van der Waals surface area contributed by atoms with Crippen LogP contribution in [0.4, 0.5) is 4.79 Å². The maximum atomic E-state index is 12.8. The smallest absolute Gasteiger partial charge is 0.318 e. The number of urea groups is 1. The van der Waals surface area contributed by atoms with Crippen molar-refractivity contribution in [1.29, 1.82) is 5.26 Å². The van der Waals surface area contributed by atoms with Gasteiger partial charge in [0.15, 0.2) is 6.19 Å². The van der Waals surface area contributed by atoms with Crippen molar-refractivity contribution < 1.29 is 4.79 Å². The van der Waals surface area contributed by atoms with Gasteiger partial charge in [0.2, 0.25) is 0 Å². The Morgan fingerprint density at radius 2 is 2.27 bits per heavy atom. The molecule has 2 bridgehead atoms. The molecule has 0 saturated carbocycles. The molecule has 1 aromatic heterocycles. The van der Waals surface area contributed by atoms with E-state index in [1.165, 1.54) is 5.69 Å². The second-order valence-corrected chi connectivity index (χ2v) is 7.98. The summed E-state index contributed by atoms with van der Waals surface area (Å²) in [4.78, 5) is 20.0. The highest BCUT2D eigenvalue weighted by Crippen LogP contribution is 2.37. The molecule has 3 atom stereocenters. The highest BCUT2D eigenvalue weighted by Gasteiger charge is 2.47. The Balaban J connectivity index is 1.33. The Morgan fingerprint density at radius 3 is 3.08 bits per heavy atom. The summed E-state index contributed by atoms with van der Waals surface area (Å²) in [5, 5.41) is 14.3. The fourth-order valence-electron chi connectivity index (χ4n) is 4.91. The first-order valence-electron chi connectivity index (χ1n) is 9.16. The van der Waals surface area contributed by atoms with E-state index in [2.05, 4.69) is 16.5 Å². The van der Waals surface area contributed by atoms with Gasteiger partial charge in [0.25, 0.3) is 0 Å². The predicted octanol–water partition coefficient (Wildman–Crippen LogP) is 2.98. The zero-order valence-corrected chi connectivity index (χ0v) is 15.1. The van der Waals surface area contributed by atoms with Crippen LogP contribution in [0.15, 0.2) is 18.2 Å². The number of hydrogen-bond acceptors (Lipinski definition) is 3. The van der Waals surface area contributed by atoms with Crippen LogP contribution in [0, 0.1) is 11.5 Å². The van der Waals surface area contributed by atoms with Crippen molar-refractivity contribution in [2.24, 2.45) is 0 Å². The van der Waals surface area contributed by atoms with E-state index >= 15 is 0 Å². The number of fused-ring (bicyclic) bond motifs is 5. The van der Waals surface area contributed by atoms with Crippen LogP contribution in [-0.2, 0) is 13.0 Å². The summed E-state index contributed by atoms with van der Waals surface area (Å²) in [6, 6.07) is 6.37. The molecule has 5 rings (SSSR count). The number of rotatable bonds is 1. The average Bonchev–Trinajstić information content (AvgIpc) is 3.30. The molecule has 0 radical (unpaired) electrons. The Kier molecular flexibility index (Phi) is 3.54. The van der Waals surface area contributed by atoms with Gasteiger partial charge < -0.3 is 20.1 Å². The van der Waals surface area contributed by atoms with E-state index in [-0.39, 0.29) is 18.1 Å². The van der Waals surface area contributed by atoms with Crippen LogP contribution in [0.1, 0.15) is 30.5 Å². The van der Waals surface area contributed by atoms with Gasteiger partial charge in [0.05, 0.1) is 12.1 Å². The van der Waals surface area contributed by atoms with Crippen LogP contribution < -0.4 is 5.32 Å². The van der Waals surface area contributed by atoms with Gasteiger partial charge in [-0.2, -0.15) is 5.26 Å². The van der Waals surface area contributed by atoms with E-state index in [4.69, 9.17) is 11.6 Å². The van der Waals surface area contributed by atoms with Gasteiger partial charge in [-0.25, -0.2) is 4.79 Å². The summed E-state index contributed by atoms with van der Waals surface area (Å²) >= 11 is 6.16. The molecule has 4 heterocycles. The number of nitrogens with zero attached hydrogens (tertiary/aromatic N) is 3. The molecule has 0 unspecified atom stereocenters. The topological polar surface area (TPSA) is 75.2 Å². The normalized spacial score (nSPS) is 26.8. The van der Waals surface area contributed by atoms with Crippen LogP contribution in [0.5, 0.6) is 0 Å². The zero-order chi connectivity index (χ0) is 17.8. The largest absolute Gasteiger partial charge is 0.358 e. The molecule has 1 aromatic carbocycles. The maximum absolute atomic E-state index is 12.8. The summed E-state index contributed by atoms with van der Waals surface area (Å²) < 4.78 is 0. The summed E-state index contributed by atoms with van der Waals surface area (Å²) in [7, 11) is 0. The minimum Gasteiger partial charge on any atom is -0.358 e. The van der Waals surface area contributed by atoms with Gasteiger partial charge in [0.1, 0.15) is 0 Å². The van der Waals surface area contributed by atoms with Crippen LogP contribution in [0.25, 0.3) is 10.9 Å². The van der Waals surface area contributed by atoms with E-state index in [0.717, 1.165) is 42.1 Å². The Bertz CT molecular complexity index is 932. The number of benzene rings is 1. The predicted molar refractivity (Wildman–Crippen MR) is 98.6 cm³/mol. The van der Waals surface area contributed by atoms with Crippen molar-refractivity contribution in [2.45, 2.75) is 50.4 Å². The van der Waals surface area contributed by atoms with Gasteiger partial charge in [-0.15, -0.1) is 0 Å². The van der Waals surface area contributed by atoms with Gasteiger partial charge in [-0.3, -0.25) is 0 Å². The summed E-state index contributed by atoms with van der Waals surface area (Å²) in [5.74, 6) is 0. The van der Waals surface area contributed by atoms with Crippen molar-refractivity contribution in [2.75, 3.05) is 6.54 Å². The summed E-state index contributed by atoms with van der Waals surface area (Å²) in [5.41, 5.74) is 3.43. The first kappa shape index (κ1) is 15.8. The SMILES string of the molecule is N#CN1[C@H]2CC[C@@H]1[C@H](NC(=O)N1CCc3[nH]c4ccc(Cl)cc4c3C1)C2. The number of aromatic nitrogens is 1. The lowest BCUT2D eigenvalue weighted by atomic mass is 9.95. The molecular weight excluding hydrogens is 350 g/mol. The van der Waals surface area contributed by atoms with Crippen molar-refractivity contribution in [3.05, 3.63) is 34.5 Å². The van der Waals surface area contributed by atoms with E-state index in [1.54, 1.807) is 0 Å². The molecule has 2 amide bonds. The van der Waals surface area contributed by atoms with E-state index in [1.807, 2.05) is 28.0 Å². The Labute approximate surface area is 156 Å². The molecule has 2 aromatic rings. The fraction of sp³-hybridized carbons (Fsp3) is 0.474. The molecule has 3 aliphatic heterocycles. The molecule has 0 aliphatic carbocycles. The third-order valence-electron chi connectivity index (χ3n) is 6.19. The lowest BCUT2D eigenvalue weighted by Crippen LogP contribution is -2.50. The minimum atomic E-state index is -0.0255. The van der Waals surface area contributed by atoms with Crippen LogP contribution >= 0.6 is 11.6 Å². The number of aromatic amines is 1. The zero-order valence-electron chi connectivity index (χ0n) is 14.3. The molecule has 26 heavy (non-hydrogen) atoms. The molecule has 0 spiro atoms. The number of nitrogens with one attached hydrogen (secondary N) is 2. The number of nitriles is 1. The van der Waals surface area contributed by atoms with E-state index in [9.17, 15) is 10.1 Å². The molecular formula is C19H20ClN5O. The molecule has 2 fully saturated rings. The number of carbonyl (C=O) groups excluding carboxylic acids is 1.